The van der Waals surface area contributed by atoms with Gasteiger partial charge in [-0.25, -0.2) is 0 Å². The Bertz CT molecular complexity index is 769. The number of unbranched alkanes of at least 4 members (excludes halogenated alkanes) is 1. The highest BCUT2D eigenvalue weighted by molar-refractivity contribution is 5.59. The van der Waals surface area contributed by atoms with Crippen molar-refractivity contribution in [3.05, 3.63) is 90.1 Å². The first-order chi connectivity index (χ1) is 14.6. The van der Waals surface area contributed by atoms with Crippen molar-refractivity contribution in [2.45, 2.75) is 46.5 Å². The van der Waals surface area contributed by atoms with Crippen molar-refractivity contribution >= 4 is 11.8 Å². The van der Waals surface area contributed by atoms with Crippen LogP contribution in [0.5, 0.6) is 0 Å². The maximum absolute atomic E-state index is 3.94. The topological polar surface area (TPSA) is 27.3 Å². The number of hydrogen-bond acceptors (Lipinski definition) is 3. The molecule has 1 aromatic carbocycles. The quantitative estimate of drug-likeness (QED) is 0.261. The monoisotopic (exact) mass is 405 g/mol. The van der Waals surface area contributed by atoms with E-state index >= 15 is 0 Å². The van der Waals surface area contributed by atoms with Crippen LogP contribution in [-0.2, 0) is 0 Å². The first kappa shape index (κ1) is 25.1. The minimum absolute atomic E-state index is 0.942. The third-order valence-corrected chi connectivity index (χ3v) is 4.61. The Hall–Kier alpha value is -2.90. The molecular formula is C27H39N3. The fraction of sp³-hybridized carbons (Fsp3) is 0.370. The van der Waals surface area contributed by atoms with E-state index in [0.29, 0.717) is 0 Å². The molecule has 0 radical (unpaired) electrons. The smallest absolute Gasteiger partial charge is 0.150 e. The van der Waals surface area contributed by atoms with Crippen molar-refractivity contribution in [1.29, 1.82) is 0 Å². The molecule has 3 heteroatoms. The Morgan fingerprint density at radius 1 is 1.07 bits per heavy atom. The molecule has 1 aromatic rings. The average Bonchev–Trinajstić information content (AvgIpc) is 2.77. The molecule has 0 saturated carbocycles. The summed E-state index contributed by atoms with van der Waals surface area (Å²) in [4.78, 5) is 2.30. The zero-order valence-corrected chi connectivity index (χ0v) is 19.3. The number of allylic oxidation sites excluding steroid dienone is 5. The second kappa shape index (κ2) is 15.0. The van der Waals surface area contributed by atoms with Gasteiger partial charge in [-0.05, 0) is 48.6 Å². The highest BCUT2D eigenvalue weighted by Gasteiger charge is 2.07. The molecule has 1 rings (SSSR count). The Kier molecular flexibility index (Phi) is 12.6. The number of nitrogens with one attached hydrogen (secondary N) is 2. The molecule has 0 aliphatic rings. The minimum atomic E-state index is 0.942. The zero-order chi connectivity index (χ0) is 22.2. The van der Waals surface area contributed by atoms with E-state index in [4.69, 9.17) is 0 Å². The number of likely N-dealkylation sites (N-methyl/N-ethyl adjacent to an activating group) is 1. The van der Waals surface area contributed by atoms with Crippen LogP contribution in [0.1, 0.15) is 52.0 Å². The normalized spacial score (nSPS) is 11.9. The number of anilines is 1. The van der Waals surface area contributed by atoms with Crippen molar-refractivity contribution in [1.82, 2.24) is 10.2 Å². The van der Waals surface area contributed by atoms with Crippen LogP contribution in [0.3, 0.4) is 0 Å². The van der Waals surface area contributed by atoms with E-state index in [1.165, 1.54) is 0 Å². The van der Waals surface area contributed by atoms with Crippen LogP contribution in [0.15, 0.2) is 84.5 Å². The molecule has 0 aliphatic carbocycles. The van der Waals surface area contributed by atoms with Crippen molar-refractivity contribution in [3.8, 4) is 0 Å². The summed E-state index contributed by atoms with van der Waals surface area (Å²) in [6.07, 6.45) is 14.8. The van der Waals surface area contributed by atoms with Gasteiger partial charge in [-0.15, -0.1) is 0 Å². The van der Waals surface area contributed by atoms with Gasteiger partial charge in [0.1, 0.15) is 0 Å². The standard InChI is InChI=1S/C27H39N3/c1-7-12-13-26(28-6)22-23(10-4)14-15-24-16-18-25(19-17-24)29-27(11-5)30(20-8-2)21-9-3/h10,13-19,22,28-29H,4-5,7-9,12,20-21H2,1-3,6H3/b15-14+,23-22+,26-13+. The summed E-state index contributed by atoms with van der Waals surface area (Å²) in [6.45, 7) is 16.4. The minimum Gasteiger partial charge on any atom is -0.388 e. The molecule has 162 valence electrons. The summed E-state index contributed by atoms with van der Waals surface area (Å²) >= 11 is 0. The van der Waals surface area contributed by atoms with E-state index in [-0.39, 0.29) is 0 Å². The lowest BCUT2D eigenvalue weighted by molar-refractivity contribution is 0.349. The second-order valence-electron chi connectivity index (χ2n) is 7.14. The van der Waals surface area contributed by atoms with E-state index < -0.39 is 0 Å². The summed E-state index contributed by atoms with van der Waals surface area (Å²) in [7, 11) is 1.95. The molecule has 3 nitrogen and oxygen atoms in total. The average molecular weight is 406 g/mol. The fourth-order valence-electron chi connectivity index (χ4n) is 3.00. The van der Waals surface area contributed by atoms with Gasteiger partial charge >= 0.3 is 0 Å². The van der Waals surface area contributed by atoms with Crippen LogP contribution in [-0.4, -0.2) is 25.0 Å². The Morgan fingerprint density at radius 3 is 2.23 bits per heavy atom. The van der Waals surface area contributed by atoms with Gasteiger partial charge in [0.2, 0.25) is 0 Å². The van der Waals surface area contributed by atoms with Crippen molar-refractivity contribution in [3.63, 3.8) is 0 Å². The lowest BCUT2D eigenvalue weighted by Gasteiger charge is -2.26. The van der Waals surface area contributed by atoms with Crippen LogP contribution < -0.4 is 10.6 Å². The summed E-state index contributed by atoms with van der Waals surface area (Å²) in [6, 6.07) is 8.39. The molecule has 0 saturated heterocycles. The van der Waals surface area contributed by atoms with Crippen LogP contribution in [0, 0.1) is 0 Å². The van der Waals surface area contributed by atoms with E-state index in [1.54, 1.807) is 0 Å². The third-order valence-electron chi connectivity index (χ3n) is 4.61. The fourth-order valence-corrected chi connectivity index (χ4v) is 3.00. The Balaban J connectivity index is 2.88. The summed E-state index contributed by atoms with van der Waals surface area (Å²) in [5.41, 5.74) is 7.42. The highest BCUT2D eigenvalue weighted by atomic mass is 15.2. The van der Waals surface area contributed by atoms with Gasteiger partial charge in [0, 0.05) is 31.5 Å². The predicted molar refractivity (Wildman–Crippen MR) is 134 cm³/mol. The van der Waals surface area contributed by atoms with Gasteiger partial charge < -0.3 is 15.5 Å². The number of benzene rings is 1. The molecule has 30 heavy (non-hydrogen) atoms. The van der Waals surface area contributed by atoms with Gasteiger partial charge in [0.05, 0.1) is 0 Å². The van der Waals surface area contributed by atoms with Gasteiger partial charge in [-0.1, -0.05) is 82.5 Å². The van der Waals surface area contributed by atoms with E-state index in [2.05, 4.69) is 104 Å². The molecule has 0 heterocycles. The third kappa shape index (κ3) is 9.07. The Morgan fingerprint density at radius 2 is 1.73 bits per heavy atom. The molecular weight excluding hydrogens is 366 g/mol. The summed E-state index contributed by atoms with van der Waals surface area (Å²) < 4.78 is 0. The van der Waals surface area contributed by atoms with Crippen LogP contribution in [0.25, 0.3) is 6.08 Å². The molecule has 0 aromatic heterocycles. The highest BCUT2D eigenvalue weighted by Crippen LogP contribution is 2.16. The number of rotatable bonds is 14. The number of nitrogens with zero attached hydrogens (tertiary/aromatic N) is 1. The van der Waals surface area contributed by atoms with E-state index in [1.807, 2.05) is 13.1 Å². The molecule has 0 aliphatic heterocycles. The SMILES string of the molecule is C=C=C(Nc1ccc(/C=C/C(C=C)=C/C(=C\CCC)NC)cc1)N(CCC)CCC. The molecule has 0 bridgehead atoms. The molecule has 0 amide bonds. The summed E-state index contributed by atoms with van der Waals surface area (Å²) in [5, 5.41) is 6.69. The number of hydrogen-bond donors (Lipinski definition) is 2. The molecule has 0 spiro atoms. The van der Waals surface area contributed by atoms with Crippen molar-refractivity contribution < 1.29 is 0 Å². The first-order valence-electron chi connectivity index (χ1n) is 11.0. The van der Waals surface area contributed by atoms with Crippen LogP contribution in [0.2, 0.25) is 0 Å². The van der Waals surface area contributed by atoms with Crippen LogP contribution >= 0.6 is 0 Å². The van der Waals surface area contributed by atoms with Gasteiger partial charge in [0.15, 0.2) is 5.82 Å². The van der Waals surface area contributed by atoms with E-state index in [9.17, 15) is 0 Å². The van der Waals surface area contributed by atoms with Gasteiger partial charge in [-0.3, -0.25) is 0 Å². The zero-order valence-electron chi connectivity index (χ0n) is 19.3. The molecule has 0 unspecified atom stereocenters. The van der Waals surface area contributed by atoms with Crippen molar-refractivity contribution in [2.24, 2.45) is 0 Å². The molecule has 0 fully saturated rings. The molecule has 0 atom stereocenters. The van der Waals surface area contributed by atoms with Crippen LogP contribution in [0.4, 0.5) is 5.69 Å². The first-order valence-corrected chi connectivity index (χ1v) is 11.0. The van der Waals surface area contributed by atoms with E-state index in [0.717, 1.165) is 67.1 Å². The molecule has 2 N–H and O–H groups in total. The maximum atomic E-state index is 3.94. The predicted octanol–water partition coefficient (Wildman–Crippen LogP) is 6.88. The lowest BCUT2D eigenvalue weighted by Crippen LogP contribution is -2.28. The van der Waals surface area contributed by atoms with Gasteiger partial charge in [-0.2, -0.15) is 0 Å². The lowest BCUT2D eigenvalue weighted by atomic mass is 10.1. The van der Waals surface area contributed by atoms with Gasteiger partial charge in [0.25, 0.3) is 0 Å². The largest absolute Gasteiger partial charge is 0.388 e. The second-order valence-corrected chi connectivity index (χ2v) is 7.14. The maximum Gasteiger partial charge on any atom is 0.150 e. The summed E-state index contributed by atoms with van der Waals surface area (Å²) in [5.74, 6) is 0.942. The van der Waals surface area contributed by atoms with Crippen molar-refractivity contribution in [2.75, 3.05) is 25.5 Å². The Labute approximate surface area is 184 Å².